The van der Waals surface area contributed by atoms with E-state index in [1.165, 1.54) is 0 Å². The molecule has 0 spiro atoms. The minimum atomic E-state index is -0.890. The summed E-state index contributed by atoms with van der Waals surface area (Å²) in [5, 5.41) is 10.5. The molecule has 0 bridgehead atoms. The van der Waals surface area contributed by atoms with Crippen LogP contribution in [0.1, 0.15) is 47.0 Å². The number of hydrogen-bond acceptors (Lipinski definition) is 3. The van der Waals surface area contributed by atoms with Crippen molar-refractivity contribution in [2.24, 2.45) is 11.3 Å². The first-order valence-electron chi connectivity index (χ1n) is 5.73. The van der Waals surface area contributed by atoms with Crippen LogP contribution in [-0.4, -0.2) is 23.3 Å². The van der Waals surface area contributed by atoms with Crippen molar-refractivity contribution in [2.75, 3.05) is 6.61 Å². The topological polar surface area (TPSA) is 46.5 Å². The second kappa shape index (κ2) is 4.12. The van der Waals surface area contributed by atoms with Crippen LogP contribution in [-0.2, 0) is 9.53 Å². The van der Waals surface area contributed by atoms with Crippen LogP contribution < -0.4 is 0 Å². The molecule has 1 aliphatic carbocycles. The van der Waals surface area contributed by atoms with Gasteiger partial charge in [-0.15, -0.1) is 0 Å². The van der Waals surface area contributed by atoms with Crippen LogP contribution in [0.4, 0.5) is 0 Å². The fourth-order valence-electron chi connectivity index (χ4n) is 2.33. The molecule has 0 aliphatic heterocycles. The molecule has 3 heteroatoms. The number of hydrogen-bond donors (Lipinski definition) is 1. The maximum Gasteiger partial charge on any atom is 0.314 e. The molecule has 0 aromatic rings. The molecule has 1 saturated carbocycles. The standard InChI is InChI=1S/C12H22O3/c1-5-15-10(13)11(3,4)12(14)7-6-9(2)8-12/h9,14H,5-8H2,1-4H3/t9-,12+/m0/s1. The molecule has 15 heavy (non-hydrogen) atoms. The molecular formula is C12H22O3. The van der Waals surface area contributed by atoms with Crippen molar-refractivity contribution < 1.29 is 14.6 Å². The number of carbonyl (C=O) groups excluding carboxylic acids is 1. The van der Waals surface area contributed by atoms with Gasteiger partial charge in [-0.2, -0.15) is 0 Å². The van der Waals surface area contributed by atoms with E-state index < -0.39 is 11.0 Å². The van der Waals surface area contributed by atoms with Crippen LogP contribution in [0.25, 0.3) is 0 Å². The molecule has 1 rings (SSSR count). The van der Waals surface area contributed by atoms with Gasteiger partial charge in [0.15, 0.2) is 0 Å². The van der Waals surface area contributed by atoms with E-state index in [2.05, 4.69) is 6.92 Å². The molecule has 0 unspecified atom stereocenters. The molecule has 1 fully saturated rings. The minimum absolute atomic E-state index is 0.290. The molecule has 88 valence electrons. The van der Waals surface area contributed by atoms with E-state index in [-0.39, 0.29) is 5.97 Å². The lowest BCUT2D eigenvalue weighted by molar-refractivity contribution is -0.170. The monoisotopic (exact) mass is 214 g/mol. The largest absolute Gasteiger partial charge is 0.465 e. The third-order valence-electron chi connectivity index (χ3n) is 3.69. The van der Waals surface area contributed by atoms with Gasteiger partial charge in [-0.3, -0.25) is 4.79 Å². The van der Waals surface area contributed by atoms with E-state index in [9.17, 15) is 9.90 Å². The highest BCUT2D eigenvalue weighted by Gasteiger charge is 2.52. The van der Waals surface area contributed by atoms with E-state index in [0.29, 0.717) is 25.4 Å². The maximum atomic E-state index is 11.8. The van der Waals surface area contributed by atoms with Crippen molar-refractivity contribution in [1.82, 2.24) is 0 Å². The summed E-state index contributed by atoms with van der Waals surface area (Å²) >= 11 is 0. The van der Waals surface area contributed by atoms with Crippen molar-refractivity contribution in [3.8, 4) is 0 Å². The Kier molecular flexibility index (Phi) is 3.44. The van der Waals surface area contributed by atoms with Gasteiger partial charge in [0, 0.05) is 0 Å². The van der Waals surface area contributed by atoms with E-state index in [0.717, 1.165) is 6.42 Å². The normalized spacial score (nSPS) is 31.7. The Labute approximate surface area is 91.8 Å². The summed E-state index contributed by atoms with van der Waals surface area (Å²) in [6.45, 7) is 7.83. The van der Waals surface area contributed by atoms with Gasteiger partial charge in [0.05, 0.1) is 17.6 Å². The van der Waals surface area contributed by atoms with Crippen LogP contribution in [0.15, 0.2) is 0 Å². The zero-order valence-electron chi connectivity index (χ0n) is 10.2. The predicted molar refractivity (Wildman–Crippen MR) is 58.4 cm³/mol. The summed E-state index contributed by atoms with van der Waals surface area (Å²) < 4.78 is 5.02. The molecule has 2 atom stereocenters. The van der Waals surface area contributed by atoms with Gasteiger partial charge in [0.2, 0.25) is 0 Å². The van der Waals surface area contributed by atoms with E-state index in [1.54, 1.807) is 20.8 Å². The maximum absolute atomic E-state index is 11.8. The molecule has 0 amide bonds. The number of esters is 1. The Morgan fingerprint density at radius 1 is 1.60 bits per heavy atom. The molecule has 0 heterocycles. The van der Waals surface area contributed by atoms with E-state index in [1.807, 2.05) is 0 Å². The molecule has 1 aliphatic rings. The van der Waals surface area contributed by atoms with E-state index >= 15 is 0 Å². The van der Waals surface area contributed by atoms with Gasteiger partial charge in [0.25, 0.3) is 0 Å². The predicted octanol–water partition coefficient (Wildman–Crippen LogP) is 2.13. The second-order valence-corrected chi connectivity index (χ2v) is 5.23. The third kappa shape index (κ3) is 2.17. The van der Waals surface area contributed by atoms with Gasteiger partial charge in [0.1, 0.15) is 0 Å². The summed E-state index contributed by atoms with van der Waals surface area (Å²) in [7, 11) is 0. The number of ether oxygens (including phenoxy) is 1. The van der Waals surface area contributed by atoms with Crippen LogP contribution in [0.5, 0.6) is 0 Å². The SMILES string of the molecule is CCOC(=O)C(C)(C)[C@@]1(O)CC[C@H](C)C1. The summed E-state index contributed by atoms with van der Waals surface area (Å²) in [6.07, 6.45) is 2.37. The van der Waals surface area contributed by atoms with Crippen molar-refractivity contribution in [3.05, 3.63) is 0 Å². The number of aliphatic hydroxyl groups is 1. The summed E-state index contributed by atoms with van der Waals surface area (Å²) in [4.78, 5) is 11.8. The molecule has 0 saturated heterocycles. The second-order valence-electron chi connectivity index (χ2n) is 5.23. The first kappa shape index (κ1) is 12.5. The summed E-state index contributed by atoms with van der Waals surface area (Å²) in [5.74, 6) is 0.199. The van der Waals surface area contributed by atoms with Crippen LogP contribution in [0.3, 0.4) is 0 Å². The highest BCUT2D eigenvalue weighted by molar-refractivity contribution is 5.77. The molecule has 0 aromatic carbocycles. The molecule has 0 radical (unpaired) electrons. The average molecular weight is 214 g/mol. The minimum Gasteiger partial charge on any atom is -0.465 e. The average Bonchev–Trinajstić information content (AvgIpc) is 2.48. The lowest BCUT2D eigenvalue weighted by Gasteiger charge is -2.37. The molecule has 1 N–H and O–H groups in total. The Hall–Kier alpha value is -0.570. The van der Waals surface area contributed by atoms with Crippen molar-refractivity contribution in [2.45, 2.75) is 52.6 Å². The van der Waals surface area contributed by atoms with Crippen molar-refractivity contribution in [3.63, 3.8) is 0 Å². The van der Waals surface area contributed by atoms with Crippen LogP contribution in [0.2, 0.25) is 0 Å². The number of carbonyl (C=O) groups is 1. The highest BCUT2D eigenvalue weighted by atomic mass is 16.5. The number of rotatable bonds is 3. The van der Waals surface area contributed by atoms with Crippen LogP contribution in [0, 0.1) is 11.3 Å². The fourth-order valence-corrected chi connectivity index (χ4v) is 2.33. The zero-order chi connectivity index (χ0) is 11.7. The van der Waals surface area contributed by atoms with Gasteiger partial charge in [-0.1, -0.05) is 6.92 Å². The zero-order valence-corrected chi connectivity index (χ0v) is 10.2. The summed E-state index contributed by atoms with van der Waals surface area (Å²) in [6, 6.07) is 0. The quantitative estimate of drug-likeness (QED) is 0.732. The molecular weight excluding hydrogens is 192 g/mol. The van der Waals surface area contributed by atoms with Gasteiger partial charge in [-0.25, -0.2) is 0 Å². The van der Waals surface area contributed by atoms with E-state index in [4.69, 9.17) is 4.74 Å². The van der Waals surface area contributed by atoms with Crippen LogP contribution >= 0.6 is 0 Å². The lowest BCUT2D eigenvalue weighted by Crippen LogP contribution is -2.48. The Balaban J connectivity index is 2.80. The van der Waals surface area contributed by atoms with Gasteiger partial charge in [-0.05, 0) is 46.0 Å². The fraction of sp³-hybridized carbons (Fsp3) is 0.917. The summed E-state index contributed by atoms with van der Waals surface area (Å²) in [5.41, 5.74) is -1.69. The molecule has 0 aromatic heterocycles. The Morgan fingerprint density at radius 2 is 2.20 bits per heavy atom. The smallest absolute Gasteiger partial charge is 0.314 e. The lowest BCUT2D eigenvalue weighted by atomic mass is 9.73. The van der Waals surface area contributed by atoms with Crippen molar-refractivity contribution >= 4 is 5.97 Å². The Morgan fingerprint density at radius 3 is 2.60 bits per heavy atom. The first-order valence-corrected chi connectivity index (χ1v) is 5.73. The van der Waals surface area contributed by atoms with Gasteiger partial charge >= 0.3 is 5.97 Å². The van der Waals surface area contributed by atoms with Crippen molar-refractivity contribution in [1.29, 1.82) is 0 Å². The first-order chi connectivity index (χ1) is 6.83. The van der Waals surface area contributed by atoms with Gasteiger partial charge < -0.3 is 9.84 Å². The Bertz CT molecular complexity index is 247. The highest BCUT2D eigenvalue weighted by Crippen LogP contribution is 2.46. The molecule has 3 nitrogen and oxygen atoms in total. The third-order valence-corrected chi connectivity index (χ3v) is 3.69.